The maximum Gasteiger partial charge on any atom is 0.133 e. The van der Waals surface area contributed by atoms with Crippen LogP contribution in [0.25, 0.3) is 5.69 Å². The number of hydrogen-bond donors (Lipinski definition) is 1. The number of methoxy groups -OCH3 is 1. The summed E-state index contributed by atoms with van der Waals surface area (Å²) >= 11 is 0. The number of aromatic nitrogens is 2. The Morgan fingerprint density at radius 1 is 1.12 bits per heavy atom. The standard InChI is InChI=1S/C21H20N4O/c1-26-18-9-4-15(5-10-18)6-11-20-19-12-13-23-21(19)25(24-20)17-7-2-16(14-22)3-8-17/h2-5,7-10,23H,6,11-13H2,1H3. The smallest absolute Gasteiger partial charge is 0.133 e. The van der Waals surface area contributed by atoms with Crippen LogP contribution in [0.3, 0.4) is 0 Å². The fourth-order valence-corrected chi connectivity index (χ4v) is 3.37. The zero-order valence-corrected chi connectivity index (χ0v) is 14.7. The fraction of sp³-hybridized carbons (Fsp3) is 0.238. The van der Waals surface area contributed by atoms with Gasteiger partial charge in [-0.15, -0.1) is 0 Å². The molecular formula is C21H20N4O. The molecular weight excluding hydrogens is 324 g/mol. The van der Waals surface area contributed by atoms with Crippen LogP contribution in [0.2, 0.25) is 0 Å². The molecule has 3 aromatic rings. The van der Waals surface area contributed by atoms with Gasteiger partial charge in [0.15, 0.2) is 0 Å². The molecule has 1 aliphatic heterocycles. The number of benzene rings is 2. The number of nitrogens with zero attached hydrogens (tertiary/aromatic N) is 3. The molecule has 2 aromatic carbocycles. The third kappa shape index (κ3) is 3.02. The average Bonchev–Trinajstić information content (AvgIpc) is 3.30. The van der Waals surface area contributed by atoms with E-state index in [1.54, 1.807) is 7.11 Å². The number of aryl methyl sites for hydroxylation is 2. The first-order chi connectivity index (χ1) is 12.8. The van der Waals surface area contributed by atoms with Gasteiger partial charge in [0.25, 0.3) is 0 Å². The van der Waals surface area contributed by atoms with Crippen LogP contribution in [0.4, 0.5) is 5.82 Å². The van der Waals surface area contributed by atoms with Gasteiger partial charge in [-0.05, 0) is 61.2 Å². The number of hydrogen-bond acceptors (Lipinski definition) is 4. The Bertz CT molecular complexity index is 949. The van der Waals surface area contributed by atoms with E-state index in [-0.39, 0.29) is 0 Å². The lowest BCUT2D eigenvalue weighted by Crippen LogP contribution is -2.05. The van der Waals surface area contributed by atoms with Crippen molar-refractivity contribution in [2.75, 3.05) is 19.0 Å². The molecule has 26 heavy (non-hydrogen) atoms. The fourth-order valence-electron chi connectivity index (χ4n) is 3.37. The monoisotopic (exact) mass is 344 g/mol. The van der Waals surface area contributed by atoms with Gasteiger partial charge in [0.05, 0.1) is 30.1 Å². The Morgan fingerprint density at radius 3 is 2.58 bits per heavy atom. The highest BCUT2D eigenvalue weighted by molar-refractivity contribution is 5.57. The minimum Gasteiger partial charge on any atom is -0.497 e. The summed E-state index contributed by atoms with van der Waals surface area (Å²) in [5.74, 6) is 1.96. The van der Waals surface area contributed by atoms with E-state index < -0.39 is 0 Å². The molecule has 0 aliphatic carbocycles. The van der Waals surface area contributed by atoms with E-state index in [1.165, 1.54) is 11.1 Å². The molecule has 1 aliphatic rings. The molecule has 0 amide bonds. The molecule has 0 spiro atoms. The molecule has 4 rings (SSSR count). The van der Waals surface area contributed by atoms with Gasteiger partial charge in [0, 0.05) is 12.1 Å². The van der Waals surface area contributed by atoms with Crippen LogP contribution in [0, 0.1) is 11.3 Å². The summed E-state index contributed by atoms with van der Waals surface area (Å²) in [6.07, 6.45) is 2.85. The first kappa shape index (κ1) is 16.2. The zero-order valence-electron chi connectivity index (χ0n) is 14.7. The van der Waals surface area contributed by atoms with Gasteiger partial charge in [-0.3, -0.25) is 0 Å². The number of ether oxygens (including phenoxy) is 1. The van der Waals surface area contributed by atoms with Crippen LogP contribution in [-0.2, 0) is 19.3 Å². The molecule has 0 unspecified atom stereocenters. The lowest BCUT2D eigenvalue weighted by atomic mass is 10.1. The Kier molecular flexibility index (Phi) is 4.32. The molecule has 5 heteroatoms. The maximum atomic E-state index is 8.98. The van der Waals surface area contributed by atoms with Gasteiger partial charge in [0.1, 0.15) is 11.6 Å². The molecule has 0 fully saturated rings. The average molecular weight is 344 g/mol. The molecule has 130 valence electrons. The Balaban J connectivity index is 1.58. The summed E-state index contributed by atoms with van der Waals surface area (Å²) < 4.78 is 7.18. The Labute approximate surface area is 152 Å². The van der Waals surface area contributed by atoms with Crippen LogP contribution < -0.4 is 10.1 Å². The van der Waals surface area contributed by atoms with Crippen LogP contribution in [0.5, 0.6) is 5.75 Å². The van der Waals surface area contributed by atoms with Gasteiger partial charge in [-0.25, -0.2) is 4.68 Å². The van der Waals surface area contributed by atoms with Crippen molar-refractivity contribution in [1.82, 2.24) is 9.78 Å². The minimum absolute atomic E-state index is 0.658. The topological polar surface area (TPSA) is 62.9 Å². The highest BCUT2D eigenvalue weighted by atomic mass is 16.5. The molecule has 0 atom stereocenters. The SMILES string of the molecule is COc1ccc(CCc2nn(-c3ccc(C#N)cc3)c3c2CCN3)cc1. The second-order valence-corrected chi connectivity index (χ2v) is 6.37. The second-order valence-electron chi connectivity index (χ2n) is 6.37. The third-order valence-electron chi connectivity index (χ3n) is 4.78. The molecule has 2 heterocycles. The highest BCUT2D eigenvalue weighted by Gasteiger charge is 2.22. The van der Waals surface area contributed by atoms with Crippen molar-refractivity contribution >= 4 is 5.82 Å². The van der Waals surface area contributed by atoms with E-state index in [1.807, 2.05) is 41.1 Å². The molecule has 0 saturated carbocycles. The van der Waals surface area contributed by atoms with Crippen molar-refractivity contribution in [2.45, 2.75) is 19.3 Å². The van der Waals surface area contributed by atoms with Crippen LogP contribution in [-0.4, -0.2) is 23.4 Å². The second kappa shape index (κ2) is 6.93. The van der Waals surface area contributed by atoms with Crippen molar-refractivity contribution < 1.29 is 4.74 Å². The Hall–Kier alpha value is -3.26. The quantitative estimate of drug-likeness (QED) is 0.769. The molecule has 1 N–H and O–H groups in total. The molecule has 5 nitrogen and oxygen atoms in total. The molecule has 1 aromatic heterocycles. The summed E-state index contributed by atoms with van der Waals surface area (Å²) in [5.41, 5.74) is 5.36. The number of nitriles is 1. The van der Waals surface area contributed by atoms with Gasteiger partial charge < -0.3 is 10.1 Å². The molecule has 0 radical (unpaired) electrons. The van der Waals surface area contributed by atoms with Crippen molar-refractivity contribution in [3.05, 3.63) is 70.9 Å². The van der Waals surface area contributed by atoms with Crippen molar-refractivity contribution in [2.24, 2.45) is 0 Å². The summed E-state index contributed by atoms with van der Waals surface area (Å²) in [5, 5.41) is 17.3. The number of rotatable bonds is 5. The van der Waals surface area contributed by atoms with E-state index in [4.69, 9.17) is 15.1 Å². The van der Waals surface area contributed by atoms with E-state index >= 15 is 0 Å². The normalized spacial score (nSPS) is 12.3. The summed E-state index contributed by atoms with van der Waals surface area (Å²) in [6.45, 7) is 0.943. The van der Waals surface area contributed by atoms with Crippen molar-refractivity contribution in [3.63, 3.8) is 0 Å². The highest BCUT2D eigenvalue weighted by Crippen LogP contribution is 2.29. The number of fused-ring (bicyclic) bond motifs is 1. The van der Waals surface area contributed by atoms with E-state index in [0.29, 0.717) is 5.56 Å². The van der Waals surface area contributed by atoms with Crippen LogP contribution in [0.15, 0.2) is 48.5 Å². The van der Waals surface area contributed by atoms with Crippen LogP contribution in [0.1, 0.15) is 22.4 Å². The van der Waals surface area contributed by atoms with Gasteiger partial charge >= 0.3 is 0 Å². The zero-order chi connectivity index (χ0) is 17.9. The minimum atomic E-state index is 0.658. The van der Waals surface area contributed by atoms with Crippen LogP contribution >= 0.6 is 0 Å². The lowest BCUT2D eigenvalue weighted by Gasteiger charge is -2.06. The van der Waals surface area contributed by atoms with E-state index in [0.717, 1.165) is 48.8 Å². The number of anilines is 1. The van der Waals surface area contributed by atoms with Crippen molar-refractivity contribution in [1.29, 1.82) is 5.26 Å². The lowest BCUT2D eigenvalue weighted by molar-refractivity contribution is 0.414. The third-order valence-corrected chi connectivity index (χ3v) is 4.78. The maximum absolute atomic E-state index is 8.98. The largest absolute Gasteiger partial charge is 0.497 e. The number of nitrogens with one attached hydrogen (secondary N) is 1. The van der Waals surface area contributed by atoms with E-state index in [2.05, 4.69) is 23.5 Å². The van der Waals surface area contributed by atoms with Gasteiger partial charge in [-0.2, -0.15) is 10.4 Å². The summed E-state index contributed by atoms with van der Waals surface area (Å²) in [6, 6.07) is 17.9. The van der Waals surface area contributed by atoms with E-state index in [9.17, 15) is 0 Å². The first-order valence-electron chi connectivity index (χ1n) is 8.76. The van der Waals surface area contributed by atoms with Gasteiger partial charge in [0.2, 0.25) is 0 Å². The molecule has 0 bridgehead atoms. The van der Waals surface area contributed by atoms with Crippen molar-refractivity contribution in [3.8, 4) is 17.5 Å². The summed E-state index contributed by atoms with van der Waals surface area (Å²) in [4.78, 5) is 0. The van der Waals surface area contributed by atoms with Gasteiger partial charge in [-0.1, -0.05) is 12.1 Å². The first-order valence-corrected chi connectivity index (χ1v) is 8.76. The predicted octanol–water partition coefficient (Wildman–Crippen LogP) is 3.51. The summed E-state index contributed by atoms with van der Waals surface area (Å²) in [7, 11) is 1.68. The molecule has 0 saturated heterocycles. The predicted molar refractivity (Wildman–Crippen MR) is 101 cm³/mol. The Morgan fingerprint density at radius 2 is 1.88 bits per heavy atom.